The van der Waals surface area contributed by atoms with Gasteiger partial charge in [-0.05, 0) is 127 Å². The summed E-state index contributed by atoms with van der Waals surface area (Å²) in [5, 5.41) is 0. The van der Waals surface area contributed by atoms with Gasteiger partial charge in [0.2, 0.25) is 0 Å². The molecule has 0 radical (unpaired) electrons. The van der Waals surface area contributed by atoms with Gasteiger partial charge in [0.1, 0.15) is 23.0 Å². The second-order valence-corrected chi connectivity index (χ2v) is 13.1. The fourth-order valence-electron chi connectivity index (χ4n) is 7.32. The van der Waals surface area contributed by atoms with Gasteiger partial charge in [-0.15, -0.1) is 0 Å². The highest BCUT2D eigenvalue weighted by molar-refractivity contribution is 5.47. The Morgan fingerprint density at radius 3 is 1.26 bits per heavy atom. The van der Waals surface area contributed by atoms with Crippen LogP contribution in [-0.4, -0.2) is 0 Å². The minimum atomic E-state index is -0.0176. The molecule has 0 atom stereocenters. The zero-order chi connectivity index (χ0) is 29.6. The third-order valence-electron chi connectivity index (χ3n) is 10.1. The number of nitrogen functional groups attached to an aromatic ring is 2. The minimum Gasteiger partial charge on any atom is -0.457 e. The standard InChI is InChI=1S/C39H46N2O2/c1-28-2-4-29(5-3-28)6-7-30-24-26-39(27-25-30,31-8-16-35(17-9-31)42-37-20-12-33(40)13-21-37)32-10-18-36(19-11-32)43-38-22-14-34(41)15-23-38/h8-23,28-30H,2-7,24-27,40-41H2,1H3/t28-,29-. The highest BCUT2D eigenvalue weighted by atomic mass is 16.5. The van der Waals surface area contributed by atoms with Crippen molar-refractivity contribution in [2.24, 2.45) is 17.8 Å². The molecule has 0 saturated heterocycles. The van der Waals surface area contributed by atoms with E-state index in [9.17, 15) is 0 Å². The van der Waals surface area contributed by atoms with Crippen molar-refractivity contribution >= 4 is 11.4 Å². The number of nitrogens with two attached hydrogens (primary N) is 2. The predicted molar refractivity (Wildman–Crippen MR) is 178 cm³/mol. The topological polar surface area (TPSA) is 70.5 Å². The Balaban J connectivity index is 1.19. The molecule has 4 heteroatoms. The van der Waals surface area contributed by atoms with Gasteiger partial charge < -0.3 is 20.9 Å². The number of benzene rings is 4. The van der Waals surface area contributed by atoms with Crippen LogP contribution in [0.25, 0.3) is 0 Å². The molecule has 0 amide bonds. The van der Waals surface area contributed by atoms with E-state index in [1.54, 1.807) is 0 Å². The summed E-state index contributed by atoms with van der Waals surface area (Å²) < 4.78 is 12.3. The van der Waals surface area contributed by atoms with Crippen molar-refractivity contribution in [3.05, 3.63) is 108 Å². The van der Waals surface area contributed by atoms with Crippen molar-refractivity contribution in [1.82, 2.24) is 0 Å². The van der Waals surface area contributed by atoms with E-state index in [-0.39, 0.29) is 5.41 Å². The second-order valence-electron chi connectivity index (χ2n) is 13.1. The van der Waals surface area contributed by atoms with Crippen LogP contribution in [0.1, 0.15) is 82.3 Å². The summed E-state index contributed by atoms with van der Waals surface area (Å²) in [6, 6.07) is 32.7. The lowest BCUT2D eigenvalue weighted by Gasteiger charge is -2.42. The average molecular weight is 575 g/mol. The Labute approximate surface area is 257 Å². The van der Waals surface area contributed by atoms with Crippen LogP contribution in [-0.2, 0) is 5.41 Å². The van der Waals surface area contributed by atoms with Crippen LogP contribution in [0.2, 0.25) is 0 Å². The summed E-state index contributed by atoms with van der Waals surface area (Å²) in [5.74, 6) is 5.97. The summed E-state index contributed by atoms with van der Waals surface area (Å²) in [5.41, 5.74) is 15.9. The first-order valence-corrected chi connectivity index (χ1v) is 16.2. The normalized spacial score (nSPS) is 20.4. The maximum absolute atomic E-state index is 6.13. The summed E-state index contributed by atoms with van der Waals surface area (Å²) in [7, 11) is 0. The molecule has 0 spiro atoms. The Morgan fingerprint density at radius 1 is 0.512 bits per heavy atom. The molecule has 2 fully saturated rings. The van der Waals surface area contributed by atoms with Crippen LogP contribution in [0.3, 0.4) is 0 Å². The van der Waals surface area contributed by atoms with Crippen LogP contribution in [0.5, 0.6) is 23.0 Å². The number of hydrogen-bond acceptors (Lipinski definition) is 4. The summed E-state index contributed by atoms with van der Waals surface area (Å²) in [6.07, 6.45) is 13.4. The van der Waals surface area contributed by atoms with Gasteiger partial charge in [0.05, 0.1) is 0 Å². The molecule has 4 N–H and O–H groups in total. The first-order valence-electron chi connectivity index (χ1n) is 16.2. The quantitative estimate of drug-likeness (QED) is 0.195. The summed E-state index contributed by atoms with van der Waals surface area (Å²) >= 11 is 0. The molecular formula is C39H46N2O2. The van der Waals surface area contributed by atoms with Crippen LogP contribution in [0.15, 0.2) is 97.1 Å². The molecule has 4 aromatic rings. The molecule has 0 aromatic heterocycles. The van der Waals surface area contributed by atoms with Gasteiger partial charge in [0.25, 0.3) is 0 Å². The number of hydrogen-bond donors (Lipinski definition) is 2. The molecule has 2 aliphatic rings. The molecule has 2 aliphatic carbocycles. The van der Waals surface area contributed by atoms with Crippen molar-refractivity contribution in [3.8, 4) is 23.0 Å². The molecule has 0 aliphatic heterocycles. The van der Waals surface area contributed by atoms with Crippen molar-refractivity contribution in [2.75, 3.05) is 11.5 Å². The van der Waals surface area contributed by atoms with E-state index in [2.05, 4.69) is 55.5 Å². The van der Waals surface area contributed by atoms with Crippen molar-refractivity contribution in [3.63, 3.8) is 0 Å². The predicted octanol–water partition coefficient (Wildman–Crippen LogP) is 10.5. The van der Waals surface area contributed by atoms with E-state index in [0.717, 1.165) is 65.0 Å². The fraction of sp³-hybridized carbons (Fsp3) is 0.385. The van der Waals surface area contributed by atoms with Crippen LogP contribution in [0.4, 0.5) is 11.4 Å². The number of anilines is 2. The maximum atomic E-state index is 6.13. The minimum absolute atomic E-state index is 0.0176. The molecule has 43 heavy (non-hydrogen) atoms. The molecule has 0 heterocycles. The van der Waals surface area contributed by atoms with E-state index in [0.29, 0.717) is 0 Å². The van der Waals surface area contributed by atoms with Crippen molar-refractivity contribution < 1.29 is 9.47 Å². The largest absolute Gasteiger partial charge is 0.457 e. The van der Waals surface area contributed by atoms with Gasteiger partial charge in [-0.3, -0.25) is 0 Å². The van der Waals surface area contributed by atoms with Gasteiger partial charge >= 0.3 is 0 Å². The molecule has 4 nitrogen and oxygen atoms in total. The van der Waals surface area contributed by atoms with Gasteiger partial charge in [0, 0.05) is 16.8 Å². The van der Waals surface area contributed by atoms with E-state index in [1.807, 2.05) is 48.5 Å². The monoisotopic (exact) mass is 574 g/mol. The van der Waals surface area contributed by atoms with Crippen LogP contribution < -0.4 is 20.9 Å². The Morgan fingerprint density at radius 2 is 0.860 bits per heavy atom. The van der Waals surface area contributed by atoms with Crippen LogP contribution >= 0.6 is 0 Å². The molecule has 4 aromatic carbocycles. The fourth-order valence-corrected chi connectivity index (χ4v) is 7.32. The highest BCUT2D eigenvalue weighted by Gasteiger charge is 2.38. The highest BCUT2D eigenvalue weighted by Crippen LogP contribution is 2.48. The van der Waals surface area contributed by atoms with Gasteiger partial charge in [-0.1, -0.05) is 69.7 Å². The van der Waals surface area contributed by atoms with Crippen molar-refractivity contribution in [1.29, 1.82) is 0 Å². The third kappa shape index (κ3) is 7.18. The summed E-state index contributed by atoms with van der Waals surface area (Å²) in [4.78, 5) is 0. The first-order chi connectivity index (χ1) is 20.9. The van der Waals surface area contributed by atoms with E-state index >= 15 is 0 Å². The third-order valence-corrected chi connectivity index (χ3v) is 10.1. The zero-order valence-electron chi connectivity index (χ0n) is 25.5. The van der Waals surface area contributed by atoms with Gasteiger partial charge in [-0.25, -0.2) is 0 Å². The number of ether oxygens (including phenoxy) is 2. The molecule has 0 unspecified atom stereocenters. The lowest BCUT2D eigenvalue weighted by Crippen LogP contribution is -2.33. The molecular weight excluding hydrogens is 528 g/mol. The van der Waals surface area contributed by atoms with Gasteiger partial charge in [0.15, 0.2) is 0 Å². The maximum Gasteiger partial charge on any atom is 0.127 e. The Bertz CT molecular complexity index is 1340. The van der Waals surface area contributed by atoms with E-state index in [4.69, 9.17) is 20.9 Å². The second kappa shape index (κ2) is 13.2. The summed E-state index contributed by atoms with van der Waals surface area (Å²) in [6.45, 7) is 2.42. The molecule has 0 bridgehead atoms. The lowest BCUT2D eigenvalue weighted by molar-refractivity contribution is 0.217. The van der Waals surface area contributed by atoms with E-state index < -0.39 is 0 Å². The number of rotatable bonds is 9. The smallest absolute Gasteiger partial charge is 0.127 e. The lowest BCUT2D eigenvalue weighted by atomic mass is 9.62. The molecule has 2 saturated carbocycles. The van der Waals surface area contributed by atoms with Crippen molar-refractivity contribution in [2.45, 2.75) is 76.5 Å². The molecule has 224 valence electrons. The average Bonchev–Trinajstić information content (AvgIpc) is 3.04. The molecule has 6 rings (SSSR count). The zero-order valence-corrected chi connectivity index (χ0v) is 25.5. The van der Waals surface area contributed by atoms with E-state index in [1.165, 1.54) is 62.5 Å². The Kier molecular flexibility index (Phi) is 8.92. The first kappa shape index (κ1) is 29.2. The Hall–Kier alpha value is -3.92. The van der Waals surface area contributed by atoms with Crippen LogP contribution in [0, 0.1) is 17.8 Å². The SMILES string of the molecule is C[C@H]1CC[C@H](CCC2CCC(c3ccc(Oc4ccc(N)cc4)cc3)(c3ccc(Oc4ccc(N)cc4)cc3)CC2)CC1. The van der Waals surface area contributed by atoms with Gasteiger partial charge in [-0.2, -0.15) is 0 Å².